The molecular formula is C12H21N3O. The maximum Gasteiger partial charge on any atom is 0.101 e. The van der Waals surface area contributed by atoms with Crippen molar-refractivity contribution in [3.8, 4) is 0 Å². The summed E-state index contributed by atoms with van der Waals surface area (Å²) >= 11 is 0. The Bertz CT molecular complexity index is 305. The number of H-pyrrole nitrogens is 1. The van der Waals surface area contributed by atoms with Crippen molar-refractivity contribution in [2.24, 2.45) is 0 Å². The highest BCUT2D eigenvalue weighted by Gasteiger charge is 2.18. The average Bonchev–Trinajstić information content (AvgIpc) is 2.79. The van der Waals surface area contributed by atoms with E-state index in [1.165, 1.54) is 18.5 Å². The molecule has 4 heteroatoms. The number of aromatic nitrogens is 2. The maximum atomic E-state index is 5.71. The fourth-order valence-corrected chi connectivity index (χ4v) is 2.10. The van der Waals surface area contributed by atoms with Gasteiger partial charge >= 0.3 is 0 Å². The van der Waals surface area contributed by atoms with Crippen molar-refractivity contribution < 1.29 is 4.74 Å². The third kappa shape index (κ3) is 3.06. The Morgan fingerprint density at radius 1 is 1.56 bits per heavy atom. The van der Waals surface area contributed by atoms with E-state index >= 15 is 0 Å². The van der Waals surface area contributed by atoms with Crippen molar-refractivity contribution >= 4 is 0 Å². The molecule has 0 bridgehead atoms. The highest BCUT2D eigenvalue weighted by atomic mass is 16.5. The molecule has 1 aliphatic heterocycles. The highest BCUT2D eigenvalue weighted by Crippen LogP contribution is 2.26. The van der Waals surface area contributed by atoms with Crippen LogP contribution in [0.5, 0.6) is 0 Å². The summed E-state index contributed by atoms with van der Waals surface area (Å²) in [4.78, 5) is 0. The van der Waals surface area contributed by atoms with Gasteiger partial charge in [-0.2, -0.15) is 5.10 Å². The Morgan fingerprint density at radius 2 is 2.50 bits per heavy atom. The van der Waals surface area contributed by atoms with Gasteiger partial charge < -0.3 is 10.1 Å². The number of aryl methyl sites for hydroxylation is 1. The van der Waals surface area contributed by atoms with Crippen LogP contribution in [0.4, 0.5) is 0 Å². The number of hydrogen-bond acceptors (Lipinski definition) is 3. The molecule has 1 atom stereocenters. The maximum absolute atomic E-state index is 5.71. The molecule has 0 aromatic carbocycles. The van der Waals surface area contributed by atoms with Gasteiger partial charge in [-0.15, -0.1) is 0 Å². The Balaban J connectivity index is 1.85. The molecule has 0 radical (unpaired) electrons. The first kappa shape index (κ1) is 11.6. The van der Waals surface area contributed by atoms with Gasteiger partial charge in [0, 0.05) is 12.3 Å². The number of ether oxygens (including phenoxy) is 1. The fraction of sp³-hybridized carbons (Fsp3) is 0.750. The lowest BCUT2D eigenvalue weighted by molar-refractivity contribution is 0.0123. The monoisotopic (exact) mass is 223 g/mol. The van der Waals surface area contributed by atoms with Gasteiger partial charge in [-0.05, 0) is 51.8 Å². The number of nitrogens with one attached hydrogen (secondary N) is 2. The summed E-state index contributed by atoms with van der Waals surface area (Å²) in [7, 11) is 1.98. The lowest BCUT2D eigenvalue weighted by Crippen LogP contribution is -2.11. The molecule has 90 valence electrons. The number of hydrogen-bond donors (Lipinski definition) is 2. The predicted octanol–water partition coefficient (Wildman–Crippen LogP) is 1.80. The van der Waals surface area contributed by atoms with Gasteiger partial charge in [0.25, 0.3) is 0 Å². The largest absolute Gasteiger partial charge is 0.372 e. The van der Waals surface area contributed by atoms with Gasteiger partial charge in [0.2, 0.25) is 0 Å². The van der Waals surface area contributed by atoms with E-state index in [-0.39, 0.29) is 6.10 Å². The first-order chi connectivity index (χ1) is 7.90. The molecule has 2 rings (SSSR count). The Morgan fingerprint density at radius 3 is 3.25 bits per heavy atom. The van der Waals surface area contributed by atoms with Crippen LogP contribution in [0.15, 0.2) is 6.07 Å². The van der Waals surface area contributed by atoms with Crippen molar-refractivity contribution in [2.75, 3.05) is 20.2 Å². The first-order valence-corrected chi connectivity index (χ1v) is 6.20. The molecule has 1 aromatic heterocycles. The first-order valence-electron chi connectivity index (χ1n) is 6.20. The minimum absolute atomic E-state index is 0.225. The van der Waals surface area contributed by atoms with Gasteiger partial charge in [-0.1, -0.05) is 0 Å². The topological polar surface area (TPSA) is 49.9 Å². The third-order valence-corrected chi connectivity index (χ3v) is 3.03. The molecule has 0 aliphatic carbocycles. The van der Waals surface area contributed by atoms with E-state index in [1.54, 1.807) is 0 Å². The summed E-state index contributed by atoms with van der Waals surface area (Å²) in [5.41, 5.74) is 2.30. The summed E-state index contributed by atoms with van der Waals surface area (Å²) in [6.07, 6.45) is 5.98. The molecule has 1 aromatic rings. The molecule has 1 unspecified atom stereocenters. The molecular weight excluding hydrogens is 202 g/mol. The van der Waals surface area contributed by atoms with Crippen LogP contribution in [0.3, 0.4) is 0 Å². The van der Waals surface area contributed by atoms with E-state index in [9.17, 15) is 0 Å². The van der Waals surface area contributed by atoms with Crippen molar-refractivity contribution in [1.29, 1.82) is 0 Å². The van der Waals surface area contributed by atoms with Gasteiger partial charge in [-0.3, -0.25) is 5.10 Å². The second-order valence-corrected chi connectivity index (χ2v) is 4.38. The number of aromatic amines is 1. The Hall–Kier alpha value is -0.870. The standard InChI is InChI=1S/C12H21N3O/c1-13-7-4-5-10-9-11(15-14-10)12-6-2-3-8-16-12/h9,12-13H,2-8H2,1H3,(H,14,15). The summed E-state index contributed by atoms with van der Waals surface area (Å²) < 4.78 is 5.71. The van der Waals surface area contributed by atoms with Crippen LogP contribution in [-0.2, 0) is 11.2 Å². The van der Waals surface area contributed by atoms with E-state index in [0.29, 0.717) is 0 Å². The molecule has 0 saturated carbocycles. The number of nitrogens with zero attached hydrogens (tertiary/aromatic N) is 1. The van der Waals surface area contributed by atoms with Gasteiger partial charge in [0.15, 0.2) is 0 Å². The molecule has 1 fully saturated rings. The third-order valence-electron chi connectivity index (χ3n) is 3.03. The van der Waals surface area contributed by atoms with E-state index < -0.39 is 0 Å². The Kier molecular flexibility index (Phi) is 4.36. The van der Waals surface area contributed by atoms with Crippen molar-refractivity contribution in [1.82, 2.24) is 15.5 Å². The van der Waals surface area contributed by atoms with Crippen LogP contribution < -0.4 is 5.32 Å². The zero-order valence-corrected chi connectivity index (χ0v) is 9.96. The van der Waals surface area contributed by atoms with E-state index in [1.807, 2.05) is 7.05 Å². The molecule has 2 heterocycles. The van der Waals surface area contributed by atoms with E-state index in [2.05, 4.69) is 21.6 Å². The van der Waals surface area contributed by atoms with Crippen LogP contribution in [0, 0.1) is 0 Å². The highest BCUT2D eigenvalue weighted by molar-refractivity contribution is 5.11. The lowest BCUT2D eigenvalue weighted by atomic mass is 10.1. The molecule has 16 heavy (non-hydrogen) atoms. The molecule has 1 aliphatic rings. The predicted molar refractivity (Wildman–Crippen MR) is 63.4 cm³/mol. The van der Waals surface area contributed by atoms with Gasteiger partial charge in [-0.25, -0.2) is 0 Å². The molecule has 2 N–H and O–H groups in total. The molecule has 0 spiro atoms. The van der Waals surface area contributed by atoms with E-state index in [4.69, 9.17) is 4.74 Å². The fourth-order valence-electron chi connectivity index (χ4n) is 2.10. The van der Waals surface area contributed by atoms with E-state index in [0.717, 1.165) is 38.1 Å². The van der Waals surface area contributed by atoms with Gasteiger partial charge in [0.1, 0.15) is 6.10 Å². The van der Waals surface area contributed by atoms with Crippen LogP contribution in [0.2, 0.25) is 0 Å². The van der Waals surface area contributed by atoms with Crippen LogP contribution in [0.1, 0.15) is 43.2 Å². The molecule has 1 saturated heterocycles. The van der Waals surface area contributed by atoms with Crippen LogP contribution >= 0.6 is 0 Å². The van der Waals surface area contributed by atoms with Crippen molar-refractivity contribution in [2.45, 2.75) is 38.2 Å². The summed E-state index contributed by atoms with van der Waals surface area (Å²) in [5.74, 6) is 0. The smallest absolute Gasteiger partial charge is 0.101 e. The quantitative estimate of drug-likeness (QED) is 0.748. The normalized spacial score (nSPS) is 21.2. The van der Waals surface area contributed by atoms with Crippen molar-refractivity contribution in [3.05, 3.63) is 17.5 Å². The minimum atomic E-state index is 0.225. The zero-order chi connectivity index (χ0) is 11.2. The SMILES string of the molecule is CNCCCc1cc(C2CCCCO2)n[nH]1. The van der Waals surface area contributed by atoms with Crippen LogP contribution in [0.25, 0.3) is 0 Å². The summed E-state index contributed by atoms with van der Waals surface area (Å²) in [6, 6.07) is 2.16. The minimum Gasteiger partial charge on any atom is -0.372 e. The van der Waals surface area contributed by atoms with Gasteiger partial charge in [0.05, 0.1) is 5.69 Å². The zero-order valence-electron chi connectivity index (χ0n) is 9.96. The number of rotatable bonds is 5. The lowest BCUT2D eigenvalue weighted by Gasteiger charge is -2.20. The summed E-state index contributed by atoms with van der Waals surface area (Å²) in [6.45, 7) is 1.93. The average molecular weight is 223 g/mol. The molecule has 0 amide bonds. The van der Waals surface area contributed by atoms with Crippen molar-refractivity contribution in [3.63, 3.8) is 0 Å². The Labute approximate surface area is 96.8 Å². The summed E-state index contributed by atoms with van der Waals surface area (Å²) in [5, 5.41) is 10.6. The van der Waals surface area contributed by atoms with Crippen LogP contribution in [-0.4, -0.2) is 30.4 Å². The molecule has 4 nitrogen and oxygen atoms in total. The second kappa shape index (κ2) is 6.01. The second-order valence-electron chi connectivity index (χ2n) is 4.38.